The van der Waals surface area contributed by atoms with Crippen LogP contribution in [0.1, 0.15) is 47.5 Å². The van der Waals surface area contributed by atoms with Crippen molar-refractivity contribution in [1.29, 1.82) is 0 Å². The molecule has 0 radical (unpaired) electrons. The lowest BCUT2D eigenvalue weighted by Crippen LogP contribution is -2.91. The third-order valence-corrected chi connectivity index (χ3v) is 7.10. The SMILES string of the molecule is CC(=O)N1C(C)(O)C(O)(O)N(C2CCN(C(O)N(C)C)C(C(C)=C(C)C=C(C)F)C2)C(O)(O)C1(O)O. The van der Waals surface area contributed by atoms with Gasteiger partial charge in [-0.15, -0.1) is 0 Å². The maximum absolute atomic E-state index is 13.6. The van der Waals surface area contributed by atoms with Crippen molar-refractivity contribution >= 4 is 5.91 Å². The highest BCUT2D eigenvalue weighted by molar-refractivity contribution is 5.75. The number of carbonyl (C=O) groups excluding carboxylic acids is 1. The quantitative estimate of drug-likeness (QED) is 0.142. The minimum atomic E-state index is -3.87. The molecule has 4 unspecified atom stereocenters. The fourth-order valence-corrected chi connectivity index (χ4v) is 5.12. The number of nitrogens with zero attached hydrogens (tertiary/aromatic N) is 4. The number of hydrogen-bond acceptors (Lipinski definition) is 12. The number of aliphatic hydroxyl groups excluding tert-OH is 1. The Morgan fingerprint density at radius 2 is 1.53 bits per heavy atom. The Morgan fingerprint density at radius 1 is 1.00 bits per heavy atom. The summed E-state index contributed by atoms with van der Waals surface area (Å²) in [7, 11) is 3.24. The van der Waals surface area contributed by atoms with E-state index in [1.807, 2.05) is 0 Å². The third-order valence-electron chi connectivity index (χ3n) is 7.10. The maximum atomic E-state index is 13.6. The lowest BCUT2D eigenvalue weighted by atomic mass is 9.86. The molecule has 0 spiro atoms. The minimum Gasteiger partial charge on any atom is -0.365 e. The van der Waals surface area contributed by atoms with Crippen LogP contribution in [0.3, 0.4) is 0 Å². The van der Waals surface area contributed by atoms with Crippen molar-refractivity contribution in [3.05, 3.63) is 23.0 Å². The Morgan fingerprint density at radius 3 is 1.97 bits per heavy atom. The topological polar surface area (TPSA) is 192 Å². The number of likely N-dealkylation sites (tertiary alicyclic amines) is 1. The number of allylic oxidation sites excluding steroid dienone is 3. The van der Waals surface area contributed by atoms with Gasteiger partial charge in [-0.05, 0) is 66.3 Å². The first-order chi connectivity index (χ1) is 16.1. The monoisotopic (exact) mass is 522 g/mol. The molecule has 36 heavy (non-hydrogen) atoms. The summed E-state index contributed by atoms with van der Waals surface area (Å²) in [6, 6.07) is -1.99. The van der Waals surface area contributed by atoms with Gasteiger partial charge in [-0.1, -0.05) is 5.57 Å². The fraction of sp³-hybridized carbons (Fsp3) is 0.773. The molecule has 2 fully saturated rings. The number of aliphatic hydroxyl groups is 8. The van der Waals surface area contributed by atoms with Crippen LogP contribution in [0.2, 0.25) is 0 Å². The van der Waals surface area contributed by atoms with Crippen LogP contribution in [0.15, 0.2) is 23.0 Å². The molecule has 0 aliphatic carbocycles. The summed E-state index contributed by atoms with van der Waals surface area (Å²) in [5.41, 5.74) is -2.06. The van der Waals surface area contributed by atoms with Crippen LogP contribution in [0, 0.1) is 0 Å². The molecule has 14 heteroatoms. The molecule has 0 aromatic heterocycles. The molecule has 8 N–H and O–H groups in total. The predicted molar refractivity (Wildman–Crippen MR) is 123 cm³/mol. The molecule has 13 nitrogen and oxygen atoms in total. The van der Waals surface area contributed by atoms with E-state index in [1.54, 1.807) is 32.8 Å². The number of rotatable bonds is 5. The van der Waals surface area contributed by atoms with Gasteiger partial charge in [0.2, 0.25) is 11.6 Å². The predicted octanol–water partition coefficient (Wildman–Crippen LogP) is -2.35. The minimum absolute atomic E-state index is 0.0305. The smallest absolute Gasteiger partial charge is 0.324 e. The van der Waals surface area contributed by atoms with Crippen LogP contribution in [0.5, 0.6) is 0 Å². The van der Waals surface area contributed by atoms with E-state index in [2.05, 4.69) is 0 Å². The molecular formula is C22H39FN4O9. The van der Waals surface area contributed by atoms with E-state index in [-0.39, 0.29) is 29.2 Å². The lowest BCUT2D eigenvalue weighted by molar-refractivity contribution is -0.573. The average Bonchev–Trinajstić information content (AvgIpc) is 2.69. The van der Waals surface area contributed by atoms with Crippen molar-refractivity contribution in [1.82, 2.24) is 19.6 Å². The van der Waals surface area contributed by atoms with Crippen molar-refractivity contribution in [2.75, 3.05) is 20.6 Å². The maximum Gasteiger partial charge on any atom is 0.324 e. The highest BCUT2D eigenvalue weighted by atomic mass is 19.1. The summed E-state index contributed by atoms with van der Waals surface area (Å²) in [6.07, 6.45) is -0.0931. The molecule has 208 valence electrons. The van der Waals surface area contributed by atoms with E-state index >= 15 is 0 Å². The Balaban J connectivity index is 2.66. The van der Waals surface area contributed by atoms with E-state index in [0.29, 0.717) is 18.1 Å². The van der Waals surface area contributed by atoms with E-state index in [9.17, 15) is 50.0 Å². The van der Waals surface area contributed by atoms with Crippen LogP contribution in [-0.2, 0) is 4.79 Å². The molecule has 2 rings (SSSR count). The van der Waals surface area contributed by atoms with E-state index in [1.165, 1.54) is 17.9 Å². The van der Waals surface area contributed by atoms with Gasteiger partial charge < -0.3 is 40.9 Å². The zero-order valence-corrected chi connectivity index (χ0v) is 21.6. The zero-order chi connectivity index (χ0) is 28.2. The van der Waals surface area contributed by atoms with Crippen LogP contribution >= 0.6 is 0 Å². The number of hydrogen-bond donors (Lipinski definition) is 8. The number of halogens is 1. The van der Waals surface area contributed by atoms with Crippen molar-refractivity contribution in [3.8, 4) is 0 Å². The van der Waals surface area contributed by atoms with Gasteiger partial charge in [0.05, 0.1) is 5.83 Å². The summed E-state index contributed by atoms with van der Waals surface area (Å²) < 4.78 is 13.6. The molecular weight excluding hydrogens is 483 g/mol. The molecule has 0 aromatic rings. The molecule has 2 saturated heterocycles. The summed E-state index contributed by atoms with van der Waals surface area (Å²) in [5, 5.41) is 86.4. The van der Waals surface area contributed by atoms with E-state index in [4.69, 9.17) is 0 Å². The van der Waals surface area contributed by atoms with Crippen molar-refractivity contribution in [2.24, 2.45) is 0 Å². The number of carbonyl (C=O) groups is 1. The standard InChI is InChI=1S/C22H39FN4O9/c1-12(10-13(2)23)14(3)17-11-16(8-9-25(17)18(29)24(6)7)27-20(31,32)19(5,30)26(15(4)28)21(33,34)22(27,35)36/h10,16-18,29-36H,8-9,11H2,1-7H3. The van der Waals surface area contributed by atoms with Crippen molar-refractivity contribution < 1.29 is 50.0 Å². The van der Waals surface area contributed by atoms with Gasteiger partial charge in [-0.3, -0.25) is 14.6 Å². The molecule has 4 atom stereocenters. The number of piperazine rings is 1. The molecule has 2 heterocycles. The van der Waals surface area contributed by atoms with Crippen LogP contribution in [0.25, 0.3) is 0 Å². The Labute approximate surface area is 209 Å². The van der Waals surface area contributed by atoms with Crippen LogP contribution in [-0.4, -0.2) is 129 Å². The van der Waals surface area contributed by atoms with Crippen molar-refractivity contribution in [2.45, 2.75) is 89.4 Å². The van der Waals surface area contributed by atoms with Gasteiger partial charge in [-0.25, -0.2) is 9.29 Å². The van der Waals surface area contributed by atoms with Gasteiger partial charge in [0.15, 0.2) is 6.35 Å². The fourth-order valence-electron chi connectivity index (χ4n) is 5.12. The lowest BCUT2D eigenvalue weighted by Gasteiger charge is -2.64. The Bertz CT molecular complexity index is 887. The molecule has 0 aromatic carbocycles. The van der Waals surface area contributed by atoms with Crippen LogP contribution < -0.4 is 0 Å². The second-order valence-electron chi connectivity index (χ2n) is 9.99. The first-order valence-corrected chi connectivity index (χ1v) is 11.4. The van der Waals surface area contributed by atoms with Gasteiger partial charge >= 0.3 is 11.8 Å². The van der Waals surface area contributed by atoms with E-state index < -0.39 is 53.6 Å². The highest BCUT2D eigenvalue weighted by Gasteiger charge is 2.77. The molecule has 1 amide bonds. The van der Waals surface area contributed by atoms with E-state index in [0.717, 1.165) is 6.92 Å². The second-order valence-corrected chi connectivity index (χ2v) is 9.99. The normalized spacial score (nSPS) is 32.9. The Hall–Kier alpha value is -1.56. The van der Waals surface area contributed by atoms with Gasteiger partial charge in [-0.2, -0.15) is 4.90 Å². The van der Waals surface area contributed by atoms with Gasteiger partial charge in [0, 0.05) is 25.6 Å². The highest BCUT2D eigenvalue weighted by Crippen LogP contribution is 2.48. The van der Waals surface area contributed by atoms with Gasteiger partial charge in [0.1, 0.15) is 0 Å². The average molecular weight is 523 g/mol. The molecule has 0 saturated carbocycles. The first-order valence-electron chi connectivity index (χ1n) is 11.4. The summed E-state index contributed by atoms with van der Waals surface area (Å²) in [5.74, 6) is -13.1. The number of piperidine rings is 1. The summed E-state index contributed by atoms with van der Waals surface area (Å²) in [4.78, 5) is 15.1. The van der Waals surface area contributed by atoms with Crippen LogP contribution in [0.4, 0.5) is 4.39 Å². The largest absolute Gasteiger partial charge is 0.365 e. The first kappa shape index (κ1) is 30.7. The molecule has 0 bridgehead atoms. The summed E-state index contributed by atoms with van der Waals surface area (Å²) >= 11 is 0. The third kappa shape index (κ3) is 4.83. The second kappa shape index (κ2) is 9.96. The zero-order valence-electron chi connectivity index (χ0n) is 21.6. The van der Waals surface area contributed by atoms with Crippen molar-refractivity contribution in [3.63, 3.8) is 0 Å². The van der Waals surface area contributed by atoms with Gasteiger partial charge in [0.25, 0.3) is 5.91 Å². The molecule has 2 aliphatic heterocycles. The Kier molecular flexibility index (Phi) is 8.48. The summed E-state index contributed by atoms with van der Waals surface area (Å²) in [6.45, 7) is 6.04. The number of amides is 1. The molecule has 2 aliphatic rings.